The van der Waals surface area contributed by atoms with Gasteiger partial charge in [-0.15, -0.1) is 0 Å². The SMILES string of the molecule is Nc1ccc2nc(N3CCCC3CO)[nH]c2c1. The molecule has 0 saturated carbocycles. The molecule has 2 aromatic rings. The number of hydrogen-bond acceptors (Lipinski definition) is 4. The number of H-pyrrole nitrogens is 1. The average Bonchev–Trinajstić information content (AvgIpc) is 2.93. The van der Waals surface area contributed by atoms with Crippen LogP contribution in [0.5, 0.6) is 0 Å². The summed E-state index contributed by atoms with van der Waals surface area (Å²) in [4.78, 5) is 9.94. The number of aromatic amines is 1. The number of aliphatic hydroxyl groups excluding tert-OH is 1. The molecule has 1 saturated heterocycles. The third-order valence-corrected chi connectivity index (χ3v) is 3.35. The number of anilines is 2. The summed E-state index contributed by atoms with van der Waals surface area (Å²) >= 11 is 0. The monoisotopic (exact) mass is 232 g/mol. The Morgan fingerprint density at radius 3 is 3.24 bits per heavy atom. The zero-order valence-electron chi connectivity index (χ0n) is 9.56. The molecule has 0 spiro atoms. The number of nitrogen functional groups attached to an aromatic ring is 1. The minimum atomic E-state index is 0.180. The van der Waals surface area contributed by atoms with Crippen LogP contribution in [-0.4, -0.2) is 34.3 Å². The van der Waals surface area contributed by atoms with E-state index in [1.54, 1.807) is 0 Å². The molecule has 1 aromatic heterocycles. The molecule has 0 amide bonds. The minimum Gasteiger partial charge on any atom is -0.399 e. The van der Waals surface area contributed by atoms with Crippen molar-refractivity contribution in [3.63, 3.8) is 0 Å². The fraction of sp³-hybridized carbons (Fsp3) is 0.417. The first-order valence-corrected chi connectivity index (χ1v) is 5.90. The van der Waals surface area contributed by atoms with E-state index < -0.39 is 0 Å². The van der Waals surface area contributed by atoms with Crippen LogP contribution in [-0.2, 0) is 0 Å². The first kappa shape index (κ1) is 10.4. The van der Waals surface area contributed by atoms with Gasteiger partial charge in [0, 0.05) is 12.2 Å². The van der Waals surface area contributed by atoms with Crippen LogP contribution in [0, 0.1) is 0 Å². The standard InChI is InChI=1S/C12H16N4O/c13-8-3-4-10-11(6-8)15-12(14-10)16-5-1-2-9(16)7-17/h3-4,6,9,17H,1-2,5,7,13H2,(H,14,15). The number of hydrogen-bond donors (Lipinski definition) is 3. The molecule has 5 heteroatoms. The Morgan fingerprint density at radius 1 is 1.53 bits per heavy atom. The van der Waals surface area contributed by atoms with Gasteiger partial charge in [0.1, 0.15) is 0 Å². The number of nitrogens with one attached hydrogen (secondary N) is 1. The van der Waals surface area contributed by atoms with Gasteiger partial charge in [-0.25, -0.2) is 4.98 Å². The Morgan fingerprint density at radius 2 is 2.41 bits per heavy atom. The topological polar surface area (TPSA) is 78.2 Å². The number of aromatic nitrogens is 2. The molecule has 0 bridgehead atoms. The summed E-state index contributed by atoms with van der Waals surface area (Å²) in [7, 11) is 0. The van der Waals surface area contributed by atoms with Gasteiger partial charge in [-0.3, -0.25) is 0 Å². The Balaban J connectivity index is 2.00. The van der Waals surface area contributed by atoms with Gasteiger partial charge in [-0.2, -0.15) is 0 Å². The van der Waals surface area contributed by atoms with Gasteiger partial charge in [0.25, 0.3) is 0 Å². The van der Waals surface area contributed by atoms with E-state index >= 15 is 0 Å². The lowest BCUT2D eigenvalue weighted by Crippen LogP contribution is -2.32. The van der Waals surface area contributed by atoms with Crippen molar-refractivity contribution in [2.45, 2.75) is 18.9 Å². The molecule has 17 heavy (non-hydrogen) atoms. The van der Waals surface area contributed by atoms with Gasteiger partial charge in [0.2, 0.25) is 5.95 Å². The molecule has 1 atom stereocenters. The Kier molecular flexibility index (Phi) is 2.40. The van der Waals surface area contributed by atoms with Crippen LogP contribution in [0.1, 0.15) is 12.8 Å². The highest BCUT2D eigenvalue weighted by Gasteiger charge is 2.26. The van der Waals surface area contributed by atoms with Gasteiger partial charge >= 0.3 is 0 Å². The maximum Gasteiger partial charge on any atom is 0.204 e. The lowest BCUT2D eigenvalue weighted by atomic mass is 10.2. The van der Waals surface area contributed by atoms with E-state index in [1.165, 1.54) is 0 Å². The van der Waals surface area contributed by atoms with Gasteiger partial charge in [-0.1, -0.05) is 0 Å². The average molecular weight is 232 g/mol. The van der Waals surface area contributed by atoms with Crippen LogP contribution in [0.3, 0.4) is 0 Å². The number of aliphatic hydroxyl groups is 1. The van der Waals surface area contributed by atoms with Crippen molar-refractivity contribution < 1.29 is 5.11 Å². The molecule has 1 fully saturated rings. The summed E-state index contributed by atoms with van der Waals surface area (Å²) in [5.41, 5.74) is 8.33. The summed E-state index contributed by atoms with van der Waals surface area (Å²) in [6.07, 6.45) is 2.13. The molecule has 4 N–H and O–H groups in total. The lowest BCUT2D eigenvalue weighted by Gasteiger charge is -2.21. The van der Waals surface area contributed by atoms with Crippen molar-refractivity contribution in [1.82, 2.24) is 9.97 Å². The van der Waals surface area contributed by atoms with Crippen molar-refractivity contribution in [3.8, 4) is 0 Å². The molecule has 1 aromatic carbocycles. The van der Waals surface area contributed by atoms with Crippen LogP contribution in [0.15, 0.2) is 18.2 Å². The van der Waals surface area contributed by atoms with Gasteiger partial charge in [0.05, 0.1) is 23.7 Å². The Hall–Kier alpha value is -1.75. The first-order valence-electron chi connectivity index (χ1n) is 5.90. The number of rotatable bonds is 2. The second kappa shape index (κ2) is 3.92. The number of nitrogens with zero attached hydrogens (tertiary/aromatic N) is 2. The maximum atomic E-state index is 9.31. The van der Waals surface area contributed by atoms with E-state index in [1.807, 2.05) is 18.2 Å². The van der Waals surface area contributed by atoms with E-state index in [2.05, 4.69) is 14.9 Å². The highest BCUT2D eigenvalue weighted by Crippen LogP contribution is 2.25. The third-order valence-electron chi connectivity index (χ3n) is 3.35. The molecule has 2 heterocycles. The van der Waals surface area contributed by atoms with E-state index in [0.717, 1.165) is 42.1 Å². The molecular weight excluding hydrogens is 216 g/mol. The molecule has 1 aliphatic heterocycles. The molecule has 1 aliphatic rings. The van der Waals surface area contributed by atoms with E-state index in [0.29, 0.717) is 0 Å². The minimum absolute atomic E-state index is 0.180. The van der Waals surface area contributed by atoms with Crippen LogP contribution >= 0.6 is 0 Å². The summed E-state index contributed by atoms with van der Waals surface area (Å²) in [5.74, 6) is 0.835. The van der Waals surface area contributed by atoms with Crippen LogP contribution in [0.4, 0.5) is 11.6 Å². The van der Waals surface area contributed by atoms with Crippen molar-refractivity contribution in [1.29, 1.82) is 0 Å². The number of imidazole rings is 1. The summed E-state index contributed by atoms with van der Waals surface area (Å²) in [5, 5.41) is 9.31. The molecule has 0 aliphatic carbocycles. The zero-order chi connectivity index (χ0) is 11.8. The largest absolute Gasteiger partial charge is 0.399 e. The van der Waals surface area contributed by atoms with E-state index in [-0.39, 0.29) is 12.6 Å². The summed E-state index contributed by atoms with van der Waals surface area (Å²) in [6, 6.07) is 5.83. The number of fused-ring (bicyclic) bond motifs is 1. The van der Waals surface area contributed by atoms with Crippen LogP contribution < -0.4 is 10.6 Å². The summed E-state index contributed by atoms with van der Waals surface area (Å²) < 4.78 is 0. The molecule has 0 radical (unpaired) electrons. The third kappa shape index (κ3) is 1.72. The molecular formula is C12H16N4O. The lowest BCUT2D eigenvalue weighted by molar-refractivity contribution is 0.265. The van der Waals surface area contributed by atoms with Crippen molar-refractivity contribution >= 4 is 22.7 Å². The fourth-order valence-corrected chi connectivity index (χ4v) is 2.45. The molecule has 3 rings (SSSR count). The molecule has 5 nitrogen and oxygen atoms in total. The first-order chi connectivity index (χ1) is 8.28. The Labute approximate surface area is 99.3 Å². The van der Waals surface area contributed by atoms with E-state index in [4.69, 9.17) is 5.73 Å². The highest BCUT2D eigenvalue weighted by atomic mass is 16.3. The second-order valence-electron chi connectivity index (χ2n) is 4.51. The van der Waals surface area contributed by atoms with Crippen LogP contribution in [0.2, 0.25) is 0 Å². The molecule has 1 unspecified atom stereocenters. The van der Waals surface area contributed by atoms with Gasteiger partial charge < -0.3 is 20.7 Å². The summed E-state index contributed by atoms with van der Waals surface area (Å²) in [6.45, 7) is 1.12. The van der Waals surface area contributed by atoms with Gasteiger partial charge in [-0.05, 0) is 31.0 Å². The zero-order valence-corrected chi connectivity index (χ0v) is 9.56. The van der Waals surface area contributed by atoms with E-state index in [9.17, 15) is 5.11 Å². The predicted octanol–water partition coefficient (Wildman–Crippen LogP) is 1.11. The van der Waals surface area contributed by atoms with Crippen molar-refractivity contribution in [3.05, 3.63) is 18.2 Å². The number of nitrogens with two attached hydrogens (primary N) is 1. The van der Waals surface area contributed by atoms with Crippen LogP contribution in [0.25, 0.3) is 11.0 Å². The van der Waals surface area contributed by atoms with Gasteiger partial charge in [0.15, 0.2) is 0 Å². The number of benzene rings is 1. The normalized spacial score (nSPS) is 20.3. The molecule has 90 valence electrons. The highest BCUT2D eigenvalue weighted by molar-refractivity contribution is 5.81. The second-order valence-corrected chi connectivity index (χ2v) is 4.51. The van der Waals surface area contributed by atoms with Crippen molar-refractivity contribution in [2.75, 3.05) is 23.8 Å². The smallest absolute Gasteiger partial charge is 0.204 e. The predicted molar refractivity (Wildman–Crippen MR) is 68.0 cm³/mol. The quantitative estimate of drug-likeness (QED) is 0.678. The fourth-order valence-electron chi connectivity index (χ4n) is 2.45. The maximum absolute atomic E-state index is 9.31. The Bertz CT molecular complexity index is 536. The van der Waals surface area contributed by atoms with Crippen molar-refractivity contribution in [2.24, 2.45) is 0 Å².